The molecule has 0 radical (unpaired) electrons. The number of benzene rings is 2. The van der Waals surface area contributed by atoms with Crippen LogP contribution in [0.1, 0.15) is 27.8 Å². The molecule has 2 aromatic carbocycles. The SMILES string of the molecule is Cc1cc(C)c(SCC(=O)N(C)CC(=O)Nc2c(C)cccc2C)c(C)c1. The van der Waals surface area contributed by atoms with Crippen LogP contribution in [0.3, 0.4) is 0 Å². The standard InChI is InChI=1S/C22H28N2O2S/c1-14-10-17(4)22(18(5)11-14)27-13-20(26)24(6)12-19(25)23-21-15(2)8-7-9-16(21)3/h7-11H,12-13H2,1-6H3,(H,23,25). The molecule has 144 valence electrons. The first kappa shape index (κ1) is 21.0. The molecule has 0 aliphatic heterocycles. The molecule has 0 bridgehead atoms. The minimum absolute atomic E-state index is 0.0407. The van der Waals surface area contributed by atoms with Crippen LogP contribution in [0.4, 0.5) is 5.69 Å². The van der Waals surface area contributed by atoms with Gasteiger partial charge in [0, 0.05) is 17.6 Å². The number of hydrogen-bond donors (Lipinski definition) is 1. The van der Waals surface area contributed by atoms with Crippen LogP contribution < -0.4 is 5.32 Å². The molecule has 4 nitrogen and oxygen atoms in total. The second kappa shape index (κ2) is 9.09. The van der Waals surface area contributed by atoms with E-state index < -0.39 is 0 Å². The molecule has 5 heteroatoms. The average Bonchev–Trinajstić information content (AvgIpc) is 2.57. The zero-order chi connectivity index (χ0) is 20.1. The zero-order valence-electron chi connectivity index (χ0n) is 17.0. The average molecular weight is 385 g/mol. The summed E-state index contributed by atoms with van der Waals surface area (Å²) in [5, 5.41) is 2.92. The van der Waals surface area contributed by atoms with Gasteiger partial charge in [0.25, 0.3) is 0 Å². The summed E-state index contributed by atoms with van der Waals surface area (Å²) in [5.74, 6) is 0.0738. The molecule has 1 N–H and O–H groups in total. The smallest absolute Gasteiger partial charge is 0.243 e. The van der Waals surface area contributed by atoms with Gasteiger partial charge in [-0.3, -0.25) is 9.59 Å². The molecule has 0 atom stereocenters. The van der Waals surface area contributed by atoms with E-state index in [4.69, 9.17) is 0 Å². The molecule has 0 aliphatic rings. The molecular formula is C22H28N2O2S. The molecule has 0 spiro atoms. The number of para-hydroxylation sites is 1. The van der Waals surface area contributed by atoms with Crippen LogP contribution in [0.15, 0.2) is 35.2 Å². The van der Waals surface area contributed by atoms with Crippen molar-refractivity contribution >= 4 is 29.3 Å². The molecule has 2 aromatic rings. The van der Waals surface area contributed by atoms with Crippen LogP contribution in [0.2, 0.25) is 0 Å². The van der Waals surface area contributed by atoms with Crippen molar-refractivity contribution in [1.29, 1.82) is 0 Å². The van der Waals surface area contributed by atoms with Gasteiger partial charge in [-0.25, -0.2) is 0 Å². The second-order valence-electron chi connectivity index (χ2n) is 7.08. The lowest BCUT2D eigenvalue weighted by atomic mass is 10.1. The highest BCUT2D eigenvalue weighted by Crippen LogP contribution is 2.27. The van der Waals surface area contributed by atoms with E-state index in [1.54, 1.807) is 7.05 Å². The number of carbonyl (C=O) groups is 2. The highest BCUT2D eigenvalue weighted by Gasteiger charge is 2.16. The number of nitrogens with one attached hydrogen (secondary N) is 1. The Bertz CT molecular complexity index is 818. The molecule has 27 heavy (non-hydrogen) atoms. The molecule has 0 aliphatic carbocycles. The van der Waals surface area contributed by atoms with Gasteiger partial charge in [0.2, 0.25) is 11.8 Å². The predicted molar refractivity (Wildman–Crippen MR) is 114 cm³/mol. The summed E-state index contributed by atoms with van der Waals surface area (Å²) in [7, 11) is 1.67. The lowest BCUT2D eigenvalue weighted by Crippen LogP contribution is -2.36. The Morgan fingerprint density at radius 2 is 1.52 bits per heavy atom. The summed E-state index contributed by atoms with van der Waals surface area (Å²) in [5.41, 5.74) is 6.43. The van der Waals surface area contributed by atoms with E-state index in [1.807, 2.05) is 32.0 Å². The van der Waals surface area contributed by atoms with Gasteiger partial charge in [-0.15, -0.1) is 11.8 Å². The summed E-state index contributed by atoms with van der Waals surface area (Å²) < 4.78 is 0. The zero-order valence-corrected chi connectivity index (χ0v) is 17.8. The minimum Gasteiger partial charge on any atom is -0.336 e. The van der Waals surface area contributed by atoms with Crippen molar-refractivity contribution in [3.8, 4) is 0 Å². The molecule has 0 unspecified atom stereocenters. The maximum atomic E-state index is 12.5. The van der Waals surface area contributed by atoms with Crippen LogP contribution in [0, 0.1) is 34.6 Å². The summed E-state index contributed by atoms with van der Waals surface area (Å²) >= 11 is 1.53. The van der Waals surface area contributed by atoms with E-state index in [0.717, 1.165) is 21.7 Å². The fourth-order valence-electron chi connectivity index (χ4n) is 3.13. The number of aryl methyl sites for hydroxylation is 5. The number of likely N-dealkylation sites (N-methyl/N-ethyl adjacent to an activating group) is 1. The van der Waals surface area contributed by atoms with Gasteiger partial charge in [-0.1, -0.05) is 35.9 Å². The van der Waals surface area contributed by atoms with Crippen LogP contribution in [0.25, 0.3) is 0 Å². The minimum atomic E-state index is -0.184. The van der Waals surface area contributed by atoms with Crippen molar-refractivity contribution in [3.63, 3.8) is 0 Å². The normalized spacial score (nSPS) is 10.6. The quantitative estimate of drug-likeness (QED) is 0.750. The monoisotopic (exact) mass is 384 g/mol. The van der Waals surface area contributed by atoms with Crippen LogP contribution >= 0.6 is 11.8 Å². The van der Waals surface area contributed by atoms with Gasteiger partial charge in [-0.2, -0.15) is 0 Å². The fourth-order valence-corrected chi connectivity index (χ4v) is 4.19. The third-order valence-corrected chi connectivity index (χ3v) is 5.82. The Hall–Kier alpha value is -2.27. The van der Waals surface area contributed by atoms with E-state index >= 15 is 0 Å². The van der Waals surface area contributed by atoms with Crippen molar-refractivity contribution in [2.24, 2.45) is 0 Å². The first-order valence-electron chi connectivity index (χ1n) is 8.99. The molecule has 0 saturated heterocycles. The van der Waals surface area contributed by atoms with Crippen LogP contribution in [0.5, 0.6) is 0 Å². The third kappa shape index (κ3) is 5.60. The van der Waals surface area contributed by atoms with Crippen molar-refractivity contribution in [2.75, 3.05) is 24.7 Å². The van der Waals surface area contributed by atoms with E-state index in [-0.39, 0.29) is 18.4 Å². The first-order chi connectivity index (χ1) is 12.7. The van der Waals surface area contributed by atoms with Crippen molar-refractivity contribution in [2.45, 2.75) is 39.5 Å². The summed E-state index contributed by atoms with van der Waals surface area (Å²) in [6.07, 6.45) is 0. The van der Waals surface area contributed by atoms with E-state index in [0.29, 0.717) is 5.75 Å². The first-order valence-corrected chi connectivity index (χ1v) is 9.98. The lowest BCUT2D eigenvalue weighted by molar-refractivity contribution is -0.131. The van der Waals surface area contributed by atoms with Gasteiger partial charge in [0.15, 0.2) is 0 Å². The van der Waals surface area contributed by atoms with Crippen molar-refractivity contribution < 1.29 is 9.59 Å². The van der Waals surface area contributed by atoms with E-state index in [2.05, 4.69) is 38.2 Å². The van der Waals surface area contributed by atoms with Gasteiger partial charge in [0.05, 0.1) is 12.3 Å². The largest absolute Gasteiger partial charge is 0.336 e. The highest BCUT2D eigenvalue weighted by molar-refractivity contribution is 8.00. The number of anilines is 1. The van der Waals surface area contributed by atoms with Gasteiger partial charge in [-0.05, 0) is 56.9 Å². The van der Waals surface area contributed by atoms with Gasteiger partial charge >= 0.3 is 0 Å². The number of amides is 2. The Morgan fingerprint density at radius 3 is 2.07 bits per heavy atom. The Morgan fingerprint density at radius 1 is 0.963 bits per heavy atom. The molecule has 2 amide bonds. The second-order valence-corrected chi connectivity index (χ2v) is 8.07. The third-order valence-electron chi connectivity index (χ3n) is 4.50. The Kier molecular flexibility index (Phi) is 7.08. The number of nitrogens with zero attached hydrogens (tertiary/aromatic N) is 1. The van der Waals surface area contributed by atoms with Crippen LogP contribution in [-0.2, 0) is 9.59 Å². The fraction of sp³-hybridized carbons (Fsp3) is 0.364. The molecule has 0 heterocycles. The summed E-state index contributed by atoms with van der Waals surface area (Å²) in [4.78, 5) is 27.4. The number of hydrogen-bond acceptors (Lipinski definition) is 3. The number of rotatable bonds is 6. The molecule has 0 fully saturated rings. The van der Waals surface area contributed by atoms with Gasteiger partial charge in [0.1, 0.15) is 0 Å². The van der Waals surface area contributed by atoms with E-state index in [9.17, 15) is 9.59 Å². The Balaban J connectivity index is 1.93. The van der Waals surface area contributed by atoms with Crippen molar-refractivity contribution in [3.05, 3.63) is 58.1 Å². The molecule has 0 saturated carbocycles. The van der Waals surface area contributed by atoms with E-state index in [1.165, 1.54) is 33.4 Å². The van der Waals surface area contributed by atoms with Crippen molar-refractivity contribution in [1.82, 2.24) is 4.90 Å². The summed E-state index contributed by atoms with van der Waals surface area (Å²) in [6, 6.07) is 10.1. The van der Waals surface area contributed by atoms with Gasteiger partial charge < -0.3 is 10.2 Å². The molecular weight excluding hydrogens is 356 g/mol. The Labute approximate surface area is 166 Å². The molecule has 0 aromatic heterocycles. The summed E-state index contributed by atoms with van der Waals surface area (Å²) in [6.45, 7) is 10.2. The molecule has 2 rings (SSSR count). The number of thioether (sulfide) groups is 1. The van der Waals surface area contributed by atoms with Crippen LogP contribution in [-0.4, -0.2) is 36.1 Å². The predicted octanol–water partition coefficient (Wildman–Crippen LogP) is 4.42. The topological polar surface area (TPSA) is 49.4 Å². The number of carbonyl (C=O) groups excluding carboxylic acids is 2. The maximum Gasteiger partial charge on any atom is 0.243 e. The highest BCUT2D eigenvalue weighted by atomic mass is 32.2. The maximum absolute atomic E-state index is 12.5. The lowest BCUT2D eigenvalue weighted by Gasteiger charge is -2.18.